The first-order valence-electron chi connectivity index (χ1n) is 9.71. The lowest BCUT2D eigenvalue weighted by Crippen LogP contribution is -2.28. The minimum absolute atomic E-state index is 0.0138. The van der Waals surface area contributed by atoms with Gasteiger partial charge in [-0.3, -0.25) is 14.7 Å². The van der Waals surface area contributed by atoms with E-state index in [2.05, 4.69) is 4.99 Å². The summed E-state index contributed by atoms with van der Waals surface area (Å²) in [5.74, 6) is 1.55. The van der Waals surface area contributed by atoms with E-state index >= 15 is 0 Å². The Balaban J connectivity index is 2.15. The molecule has 0 saturated carbocycles. The fourth-order valence-corrected chi connectivity index (χ4v) is 4.25. The number of ether oxygens (including phenoxy) is 2. The second-order valence-electron chi connectivity index (χ2n) is 6.14. The van der Waals surface area contributed by atoms with Gasteiger partial charge in [-0.05, 0) is 74.5 Å². The van der Waals surface area contributed by atoms with Crippen LogP contribution in [0.25, 0.3) is 16.8 Å². The largest absolute Gasteiger partial charge is 0.494 e. The van der Waals surface area contributed by atoms with Crippen molar-refractivity contribution >= 4 is 39.7 Å². The highest BCUT2D eigenvalue weighted by molar-refractivity contribution is 8.18. The Bertz CT molecular complexity index is 932. The molecule has 0 aromatic heterocycles. The van der Waals surface area contributed by atoms with Gasteiger partial charge in [-0.1, -0.05) is 12.1 Å². The number of fused-ring (bicyclic) bond motifs is 1. The van der Waals surface area contributed by atoms with E-state index in [9.17, 15) is 4.79 Å². The maximum absolute atomic E-state index is 12.9. The van der Waals surface area contributed by atoms with Gasteiger partial charge in [-0.15, -0.1) is 0 Å². The Morgan fingerprint density at radius 1 is 1.07 bits per heavy atom. The lowest BCUT2D eigenvalue weighted by atomic mass is 10.0. The highest BCUT2D eigenvalue weighted by Gasteiger charge is 2.32. The van der Waals surface area contributed by atoms with Crippen molar-refractivity contribution < 1.29 is 14.3 Å². The molecule has 0 aliphatic carbocycles. The lowest BCUT2D eigenvalue weighted by Gasteiger charge is -2.13. The predicted molar refractivity (Wildman–Crippen MR) is 117 cm³/mol. The molecule has 6 heteroatoms. The minimum Gasteiger partial charge on any atom is -0.494 e. The average molecular weight is 399 g/mol. The van der Waals surface area contributed by atoms with Crippen molar-refractivity contribution in [2.24, 2.45) is 4.99 Å². The van der Waals surface area contributed by atoms with Gasteiger partial charge in [0.25, 0.3) is 5.91 Å². The molecule has 1 amide bonds. The molecule has 0 spiro atoms. The monoisotopic (exact) mass is 398 g/mol. The van der Waals surface area contributed by atoms with Gasteiger partial charge < -0.3 is 9.47 Å². The van der Waals surface area contributed by atoms with Crippen molar-refractivity contribution in [3.63, 3.8) is 0 Å². The maximum Gasteiger partial charge on any atom is 0.266 e. The van der Waals surface area contributed by atoms with Gasteiger partial charge in [-0.25, -0.2) is 0 Å². The second-order valence-corrected chi connectivity index (χ2v) is 7.15. The van der Waals surface area contributed by atoms with Crippen LogP contribution in [0.2, 0.25) is 0 Å². The zero-order valence-electron chi connectivity index (χ0n) is 16.8. The molecule has 1 aliphatic rings. The van der Waals surface area contributed by atoms with Crippen molar-refractivity contribution in [1.82, 2.24) is 4.90 Å². The van der Waals surface area contributed by atoms with Crippen LogP contribution in [0.15, 0.2) is 40.2 Å². The van der Waals surface area contributed by atoms with Crippen LogP contribution in [0.5, 0.6) is 11.5 Å². The second kappa shape index (κ2) is 9.15. The molecule has 0 radical (unpaired) electrons. The predicted octanol–water partition coefficient (Wildman–Crippen LogP) is 4.95. The summed E-state index contributed by atoms with van der Waals surface area (Å²) < 4.78 is 11.6. The summed E-state index contributed by atoms with van der Waals surface area (Å²) in [5.41, 5.74) is 0.894. The average Bonchev–Trinajstić information content (AvgIpc) is 2.99. The Labute approximate surface area is 170 Å². The quantitative estimate of drug-likeness (QED) is 0.619. The fourth-order valence-electron chi connectivity index (χ4n) is 3.16. The summed E-state index contributed by atoms with van der Waals surface area (Å²) in [6.45, 7) is 10.3. The van der Waals surface area contributed by atoms with Gasteiger partial charge in [0.15, 0.2) is 5.17 Å². The normalized spacial score (nSPS) is 17.1. The number of benzene rings is 2. The lowest BCUT2D eigenvalue weighted by molar-refractivity contribution is -0.122. The van der Waals surface area contributed by atoms with Crippen molar-refractivity contribution in [2.75, 3.05) is 26.3 Å². The SMILES string of the molecule is CCN=C1S/C(=C\c2c(OCC)ccc3ccc(OCC)cc23)C(=O)N1CC. The summed E-state index contributed by atoms with van der Waals surface area (Å²) in [5, 5.41) is 2.83. The van der Waals surface area contributed by atoms with Crippen molar-refractivity contribution in [3.05, 3.63) is 40.8 Å². The van der Waals surface area contributed by atoms with Crippen LogP contribution < -0.4 is 9.47 Å². The fraction of sp³-hybridized carbons (Fsp3) is 0.364. The summed E-state index contributed by atoms with van der Waals surface area (Å²) in [6.07, 6.45) is 1.93. The van der Waals surface area contributed by atoms with Crippen molar-refractivity contribution in [2.45, 2.75) is 27.7 Å². The molecule has 148 valence electrons. The molecule has 1 aliphatic heterocycles. The van der Waals surface area contributed by atoms with Crippen molar-refractivity contribution in [3.8, 4) is 11.5 Å². The molecule has 2 aromatic carbocycles. The molecular formula is C22H26N2O3S. The van der Waals surface area contributed by atoms with Crippen LogP contribution in [0.1, 0.15) is 33.3 Å². The first-order chi connectivity index (χ1) is 13.6. The summed E-state index contributed by atoms with van der Waals surface area (Å²) >= 11 is 1.42. The Hall–Kier alpha value is -2.47. The molecular weight excluding hydrogens is 372 g/mol. The molecule has 5 nitrogen and oxygen atoms in total. The summed E-state index contributed by atoms with van der Waals surface area (Å²) in [4.78, 5) is 19.7. The molecule has 1 heterocycles. The highest BCUT2D eigenvalue weighted by atomic mass is 32.2. The van der Waals surface area contributed by atoms with E-state index < -0.39 is 0 Å². The zero-order valence-corrected chi connectivity index (χ0v) is 17.6. The van der Waals surface area contributed by atoms with E-state index in [4.69, 9.17) is 9.47 Å². The molecule has 0 unspecified atom stereocenters. The zero-order chi connectivity index (χ0) is 20.1. The highest BCUT2D eigenvalue weighted by Crippen LogP contribution is 2.37. The van der Waals surface area contributed by atoms with E-state index in [-0.39, 0.29) is 5.91 Å². The molecule has 0 atom stereocenters. The van der Waals surface area contributed by atoms with E-state index in [0.29, 0.717) is 31.2 Å². The van der Waals surface area contributed by atoms with Crippen LogP contribution in [0, 0.1) is 0 Å². The first-order valence-corrected chi connectivity index (χ1v) is 10.5. The number of thioether (sulfide) groups is 1. The van der Waals surface area contributed by atoms with Gasteiger partial charge >= 0.3 is 0 Å². The topological polar surface area (TPSA) is 51.1 Å². The van der Waals surface area contributed by atoms with Crippen LogP contribution in [-0.4, -0.2) is 42.3 Å². The number of amides is 1. The molecule has 0 bridgehead atoms. The number of likely N-dealkylation sites (N-methyl/N-ethyl adjacent to an activating group) is 1. The minimum atomic E-state index is -0.0138. The molecule has 2 aromatic rings. The van der Waals surface area contributed by atoms with E-state index in [0.717, 1.165) is 33.0 Å². The number of carbonyl (C=O) groups excluding carboxylic acids is 1. The van der Waals surface area contributed by atoms with Crippen LogP contribution in [0.3, 0.4) is 0 Å². The van der Waals surface area contributed by atoms with Gasteiger partial charge in [0.05, 0.1) is 18.1 Å². The van der Waals surface area contributed by atoms with Crippen LogP contribution in [0.4, 0.5) is 0 Å². The molecule has 0 N–H and O–H groups in total. The van der Waals surface area contributed by atoms with Gasteiger partial charge in [0.1, 0.15) is 11.5 Å². The molecule has 3 rings (SSSR count). The molecule has 28 heavy (non-hydrogen) atoms. The number of rotatable bonds is 7. The van der Waals surface area contributed by atoms with E-state index in [1.165, 1.54) is 11.8 Å². The third-order valence-electron chi connectivity index (χ3n) is 4.38. The Morgan fingerprint density at radius 2 is 1.82 bits per heavy atom. The van der Waals surface area contributed by atoms with Crippen LogP contribution >= 0.6 is 11.8 Å². The maximum atomic E-state index is 12.9. The first kappa shape index (κ1) is 20.3. The van der Waals surface area contributed by atoms with E-state index in [1.54, 1.807) is 4.90 Å². The number of carbonyl (C=O) groups is 1. The Morgan fingerprint density at radius 3 is 2.50 bits per heavy atom. The number of hydrogen-bond donors (Lipinski definition) is 0. The number of amidine groups is 1. The van der Waals surface area contributed by atoms with E-state index in [1.807, 2.05) is 64.1 Å². The summed E-state index contributed by atoms with van der Waals surface area (Å²) in [6, 6.07) is 10.00. The number of nitrogens with zero attached hydrogens (tertiary/aromatic N) is 2. The van der Waals surface area contributed by atoms with Gasteiger partial charge in [0, 0.05) is 18.7 Å². The summed E-state index contributed by atoms with van der Waals surface area (Å²) in [7, 11) is 0. The third kappa shape index (κ3) is 4.02. The number of hydrogen-bond acceptors (Lipinski definition) is 5. The smallest absolute Gasteiger partial charge is 0.266 e. The molecule has 1 fully saturated rings. The van der Waals surface area contributed by atoms with Crippen LogP contribution in [-0.2, 0) is 4.79 Å². The van der Waals surface area contributed by atoms with Gasteiger partial charge in [-0.2, -0.15) is 0 Å². The number of aliphatic imine (C=N–C) groups is 1. The Kier molecular flexibility index (Phi) is 6.62. The van der Waals surface area contributed by atoms with Crippen molar-refractivity contribution in [1.29, 1.82) is 0 Å². The standard InChI is InChI=1S/C22H26N2O3S/c1-5-23-22-24(6-2)21(25)20(28-22)14-18-17-13-16(26-7-3)11-9-15(17)10-12-19(18)27-8-4/h9-14H,5-8H2,1-4H3/b20-14-,23-22?. The molecule has 1 saturated heterocycles. The third-order valence-corrected chi connectivity index (χ3v) is 5.42. The van der Waals surface area contributed by atoms with Gasteiger partial charge in [0.2, 0.25) is 0 Å².